The summed E-state index contributed by atoms with van der Waals surface area (Å²) in [5.41, 5.74) is 8.41. The Balaban J connectivity index is 1.82. The van der Waals surface area contributed by atoms with Gasteiger partial charge in [0.2, 0.25) is 0 Å². The second-order valence-corrected chi connectivity index (χ2v) is 6.76. The van der Waals surface area contributed by atoms with Crippen LogP contribution in [0.25, 0.3) is 0 Å². The lowest BCUT2D eigenvalue weighted by molar-refractivity contribution is 0.119. The number of rotatable bonds is 6. The van der Waals surface area contributed by atoms with Crippen LogP contribution in [0.4, 0.5) is 4.39 Å². The fraction of sp³-hybridized carbons (Fsp3) is 0.429. The zero-order chi connectivity index (χ0) is 17.6. The Kier molecular flexibility index (Phi) is 6.05. The van der Waals surface area contributed by atoms with Gasteiger partial charge in [-0.2, -0.15) is 0 Å². The lowest BCUT2D eigenvalue weighted by Gasteiger charge is -2.40. The van der Waals surface area contributed by atoms with Crippen molar-refractivity contribution in [1.29, 1.82) is 0 Å². The molecule has 1 aliphatic heterocycles. The van der Waals surface area contributed by atoms with Crippen molar-refractivity contribution in [3.63, 3.8) is 0 Å². The molecule has 3 nitrogen and oxygen atoms in total. The van der Waals surface area contributed by atoms with Crippen molar-refractivity contribution in [2.75, 3.05) is 20.2 Å². The normalized spacial score (nSPS) is 19.6. The Morgan fingerprint density at radius 3 is 2.68 bits per heavy atom. The Morgan fingerprint density at radius 1 is 1.20 bits per heavy atom. The molecule has 0 bridgehead atoms. The number of nitrogens with zero attached hydrogens (tertiary/aromatic N) is 1. The van der Waals surface area contributed by atoms with Gasteiger partial charge in [0.05, 0.1) is 7.11 Å². The molecule has 3 rings (SSSR count). The Labute approximate surface area is 149 Å². The van der Waals surface area contributed by atoms with Crippen molar-refractivity contribution in [2.45, 2.75) is 37.8 Å². The third kappa shape index (κ3) is 4.20. The zero-order valence-corrected chi connectivity index (χ0v) is 14.8. The van der Waals surface area contributed by atoms with E-state index in [0.29, 0.717) is 12.6 Å². The molecule has 1 fully saturated rings. The molecule has 1 aliphatic rings. The average Bonchev–Trinajstić information content (AvgIpc) is 2.65. The predicted molar refractivity (Wildman–Crippen MR) is 99.2 cm³/mol. The summed E-state index contributed by atoms with van der Waals surface area (Å²) >= 11 is 0. The van der Waals surface area contributed by atoms with Crippen LogP contribution in [0.15, 0.2) is 48.5 Å². The van der Waals surface area contributed by atoms with Gasteiger partial charge in [0, 0.05) is 25.0 Å². The van der Waals surface area contributed by atoms with Gasteiger partial charge in [0.25, 0.3) is 0 Å². The monoisotopic (exact) mass is 342 g/mol. The number of methoxy groups -OCH3 is 1. The molecule has 2 aromatic carbocycles. The van der Waals surface area contributed by atoms with Crippen LogP contribution in [0.3, 0.4) is 0 Å². The Hall–Kier alpha value is -1.91. The Morgan fingerprint density at radius 2 is 2.00 bits per heavy atom. The Bertz CT molecular complexity index is 677. The van der Waals surface area contributed by atoms with E-state index in [1.54, 1.807) is 12.1 Å². The van der Waals surface area contributed by atoms with Crippen molar-refractivity contribution in [3.05, 3.63) is 65.5 Å². The molecule has 0 saturated carbocycles. The van der Waals surface area contributed by atoms with Gasteiger partial charge in [-0.25, -0.2) is 4.39 Å². The van der Waals surface area contributed by atoms with E-state index >= 15 is 0 Å². The van der Waals surface area contributed by atoms with Gasteiger partial charge in [0.1, 0.15) is 0 Å². The summed E-state index contributed by atoms with van der Waals surface area (Å²) in [6.07, 6.45) is 3.51. The molecule has 0 spiro atoms. The van der Waals surface area contributed by atoms with Crippen LogP contribution in [0, 0.1) is 5.82 Å². The quantitative estimate of drug-likeness (QED) is 0.864. The van der Waals surface area contributed by atoms with E-state index in [2.05, 4.69) is 29.2 Å². The molecule has 0 amide bonds. The largest absolute Gasteiger partial charge is 0.494 e. The number of benzene rings is 2. The highest BCUT2D eigenvalue weighted by Crippen LogP contribution is 2.32. The summed E-state index contributed by atoms with van der Waals surface area (Å²) in [6, 6.07) is 16.1. The number of ether oxygens (including phenoxy) is 1. The number of likely N-dealkylation sites (tertiary alicyclic amines) is 1. The number of halogens is 1. The molecule has 0 aromatic heterocycles. The summed E-state index contributed by atoms with van der Waals surface area (Å²) in [6.45, 7) is 2.50. The SMILES string of the molecule is COc1ccc(C(CN)C2CCCCN2Cc2ccccc2)cc1F. The molecule has 0 radical (unpaired) electrons. The topological polar surface area (TPSA) is 38.5 Å². The summed E-state index contributed by atoms with van der Waals surface area (Å²) in [5.74, 6) is 0.0950. The molecule has 2 aromatic rings. The molecule has 2 atom stereocenters. The summed E-state index contributed by atoms with van der Waals surface area (Å²) in [5, 5.41) is 0. The van der Waals surface area contributed by atoms with E-state index in [1.165, 1.54) is 25.5 Å². The maximum absolute atomic E-state index is 14.2. The number of hydrogen-bond donors (Lipinski definition) is 1. The lowest BCUT2D eigenvalue weighted by atomic mass is 9.84. The standard InChI is InChI=1S/C21H27FN2O/c1-25-21-11-10-17(13-19(21)22)18(14-23)20-9-5-6-12-24(20)15-16-7-3-2-4-8-16/h2-4,7-8,10-11,13,18,20H,5-6,9,12,14-15,23H2,1H3. The van der Waals surface area contributed by atoms with Crippen LogP contribution >= 0.6 is 0 Å². The highest BCUT2D eigenvalue weighted by Gasteiger charge is 2.30. The molecule has 2 unspecified atom stereocenters. The summed E-state index contributed by atoms with van der Waals surface area (Å²) < 4.78 is 19.2. The molecule has 0 aliphatic carbocycles. The van der Waals surface area contributed by atoms with Gasteiger partial charge < -0.3 is 10.5 Å². The minimum Gasteiger partial charge on any atom is -0.494 e. The van der Waals surface area contributed by atoms with Crippen molar-refractivity contribution in [1.82, 2.24) is 4.90 Å². The second kappa shape index (κ2) is 8.45. The number of nitrogens with two attached hydrogens (primary N) is 1. The highest BCUT2D eigenvalue weighted by molar-refractivity contribution is 5.32. The van der Waals surface area contributed by atoms with Crippen molar-refractivity contribution >= 4 is 0 Å². The molecule has 1 saturated heterocycles. The first-order valence-electron chi connectivity index (χ1n) is 9.04. The molecule has 25 heavy (non-hydrogen) atoms. The van der Waals surface area contributed by atoms with E-state index in [4.69, 9.17) is 10.5 Å². The van der Waals surface area contributed by atoms with Gasteiger partial charge in [-0.05, 0) is 42.6 Å². The molecule has 4 heteroatoms. The number of hydrogen-bond acceptors (Lipinski definition) is 3. The lowest BCUT2D eigenvalue weighted by Crippen LogP contribution is -2.44. The molecule has 2 N–H and O–H groups in total. The molecular weight excluding hydrogens is 315 g/mol. The maximum Gasteiger partial charge on any atom is 0.165 e. The van der Waals surface area contributed by atoms with Crippen LogP contribution < -0.4 is 10.5 Å². The van der Waals surface area contributed by atoms with Gasteiger partial charge in [-0.15, -0.1) is 0 Å². The van der Waals surface area contributed by atoms with E-state index in [0.717, 1.165) is 25.1 Å². The second-order valence-electron chi connectivity index (χ2n) is 6.76. The summed E-state index contributed by atoms with van der Waals surface area (Å²) in [7, 11) is 1.49. The van der Waals surface area contributed by atoms with E-state index in [-0.39, 0.29) is 17.5 Å². The van der Waals surface area contributed by atoms with Crippen LogP contribution in [0.5, 0.6) is 5.75 Å². The van der Waals surface area contributed by atoms with Crippen molar-refractivity contribution in [3.8, 4) is 5.75 Å². The van der Waals surface area contributed by atoms with Gasteiger partial charge in [0.15, 0.2) is 11.6 Å². The van der Waals surface area contributed by atoms with Crippen LogP contribution in [0.1, 0.15) is 36.3 Å². The average molecular weight is 342 g/mol. The fourth-order valence-electron chi connectivity index (χ4n) is 3.92. The third-order valence-corrected chi connectivity index (χ3v) is 5.22. The third-order valence-electron chi connectivity index (χ3n) is 5.22. The van der Waals surface area contributed by atoms with Crippen LogP contribution in [0.2, 0.25) is 0 Å². The summed E-state index contributed by atoms with van der Waals surface area (Å²) in [4.78, 5) is 2.51. The first kappa shape index (κ1) is 17.9. The zero-order valence-electron chi connectivity index (χ0n) is 14.8. The van der Waals surface area contributed by atoms with E-state index in [9.17, 15) is 4.39 Å². The molecular formula is C21H27FN2O. The van der Waals surface area contributed by atoms with Gasteiger partial charge in [-0.3, -0.25) is 4.90 Å². The van der Waals surface area contributed by atoms with Crippen LogP contribution in [-0.2, 0) is 6.54 Å². The highest BCUT2D eigenvalue weighted by atomic mass is 19.1. The minimum atomic E-state index is -0.316. The minimum absolute atomic E-state index is 0.129. The fourth-order valence-corrected chi connectivity index (χ4v) is 3.92. The van der Waals surface area contributed by atoms with Crippen molar-refractivity contribution < 1.29 is 9.13 Å². The van der Waals surface area contributed by atoms with E-state index < -0.39 is 0 Å². The van der Waals surface area contributed by atoms with Crippen LogP contribution in [-0.4, -0.2) is 31.1 Å². The number of piperidine rings is 1. The first-order chi connectivity index (χ1) is 12.2. The van der Waals surface area contributed by atoms with Crippen molar-refractivity contribution in [2.24, 2.45) is 5.73 Å². The maximum atomic E-state index is 14.2. The molecule has 1 heterocycles. The first-order valence-corrected chi connectivity index (χ1v) is 9.04. The van der Waals surface area contributed by atoms with E-state index in [1.807, 2.05) is 12.1 Å². The van der Waals surface area contributed by atoms with Gasteiger partial charge in [-0.1, -0.05) is 42.8 Å². The predicted octanol–water partition coefficient (Wildman–Crippen LogP) is 3.93. The smallest absolute Gasteiger partial charge is 0.165 e. The van der Waals surface area contributed by atoms with Gasteiger partial charge >= 0.3 is 0 Å². The molecule has 134 valence electrons.